The molecule has 0 aliphatic heterocycles. The number of thiophene rings is 1. The summed E-state index contributed by atoms with van der Waals surface area (Å²) >= 11 is 1.31. The number of hydrogen-bond acceptors (Lipinski definition) is 4. The van der Waals surface area contributed by atoms with Crippen LogP contribution in [0.15, 0.2) is 40.6 Å². The molecule has 0 fully saturated rings. The van der Waals surface area contributed by atoms with Gasteiger partial charge in [0.1, 0.15) is 4.21 Å². The fourth-order valence-electron chi connectivity index (χ4n) is 1.92. The van der Waals surface area contributed by atoms with Crippen molar-refractivity contribution in [2.24, 2.45) is 0 Å². The Balaban J connectivity index is 2.09. The van der Waals surface area contributed by atoms with E-state index in [9.17, 15) is 8.42 Å². The molecule has 2 aromatic rings. The van der Waals surface area contributed by atoms with Crippen LogP contribution in [0.3, 0.4) is 0 Å². The molecule has 6 heteroatoms. The highest BCUT2D eigenvalue weighted by Gasteiger charge is 2.16. The molecule has 0 bridgehead atoms. The smallest absolute Gasteiger partial charge is 0.271 e. The minimum absolute atomic E-state index is 0.353. The van der Waals surface area contributed by atoms with Crippen molar-refractivity contribution in [2.75, 3.05) is 10.0 Å². The molecule has 2 N–H and O–H groups in total. The van der Waals surface area contributed by atoms with E-state index < -0.39 is 10.0 Å². The highest BCUT2D eigenvalue weighted by Crippen LogP contribution is 2.25. The van der Waals surface area contributed by atoms with E-state index in [-0.39, 0.29) is 0 Å². The topological polar surface area (TPSA) is 58.2 Å². The number of aryl methyl sites for hydroxylation is 1. The first-order valence-corrected chi connectivity index (χ1v) is 9.72. The second-order valence-corrected chi connectivity index (χ2v) is 8.29. The summed E-state index contributed by atoms with van der Waals surface area (Å²) in [4.78, 5) is 1.06. The summed E-state index contributed by atoms with van der Waals surface area (Å²) in [6.07, 6.45) is 1.88. The lowest BCUT2D eigenvalue weighted by atomic mass is 10.2. The summed E-state index contributed by atoms with van der Waals surface area (Å²) < 4.78 is 27.6. The van der Waals surface area contributed by atoms with Crippen LogP contribution >= 0.6 is 11.3 Å². The Bertz CT molecular complexity index is 706. The summed E-state index contributed by atoms with van der Waals surface area (Å²) in [7, 11) is -3.50. The number of sulfonamides is 1. The minimum Gasteiger partial charge on any atom is -0.383 e. The zero-order valence-electron chi connectivity index (χ0n) is 13.1. The summed E-state index contributed by atoms with van der Waals surface area (Å²) in [5.41, 5.74) is 1.56. The molecule has 4 nitrogen and oxygen atoms in total. The Morgan fingerprint density at radius 3 is 2.23 bits per heavy atom. The van der Waals surface area contributed by atoms with Crippen molar-refractivity contribution in [2.45, 2.75) is 43.9 Å². The molecule has 1 unspecified atom stereocenters. The Hall–Kier alpha value is -1.53. The molecular weight excluding hydrogens is 316 g/mol. The van der Waals surface area contributed by atoms with Crippen LogP contribution in [0, 0.1) is 0 Å². The van der Waals surface area contributed by atoms with E-state index in [1.54, 1.807) is 18.2 Å². The first-order valence-electron chi connectivity index (χ1n) is 7.42. The van der Waals surface area contributed by atoms with Gasteiger partial charge in [-0.15, -0.1) is 11.3 Å². The van der Waals surface area contributed by atoms with Gasteiger partial charge in [0, 0.05) is 22.3 Å². The Kier molecular flexibility index (Phi) is 5.47. The molecule has 0 saturated carbocycles. The average molecular weight is 338 g/mol. The van der Waals surface area contributed by atoms with Gasteiger partial charge in [0.25, 0.3) is 10.0 Å². The van der Waals surface area contributed by atoms with Gasteiger partial charge in [-0.2, -0.15) is 0 Å². The molecule has 1 atom stereocenters. The van der Waals surface area contributed by atoms with Gasteiger partial charge in [0.2, 0.25) is 0 Å². The van der Waals surface area contributed by atoms with Gasteiger partial charge in [0.05, 0.1) is 0 Å². The number of rotatable bonds is 7. The van der Waals surface area contributed by atoms with Gasteiger partial charge in [-0.05, 0) is 56.2 Å². The van der Waals surface area contributed by atoms with Gasteiger partial charge in [-0.25, -0.2) is 8.42 Å². The van der Waals surface area contributed by atoms with Gasteiger partial charge in [-0.1, -0.05) is 13.8 Å². The molecule has 1 aromatic carbocycles. The highest BCUT2D eigenvalue weighted by atomic mass is 32.2. The van der Waals surface area contributed by atoms with Crippen LogP contribution in [0.2, 0.25) is 0 Å². The maximum absolute atomic E-state index is 12.3. The Morgan fingerprint density at radius 2 is 1.68 bits per heavy atom. The molecule has 1 heterocycles. The number of benzene rings is 1. The van der Waals surface area contributed by atoms with E-state index in [2.05, 4.69) is 23.9 Å². The standard InChI is InChI=1S/C16H22N2O2S2/c1-4-12(3)17-13-6-8-14(9-7-13)18-22(19,20)16-11-10-15(5-2)21-16/h6-12,17-18H,4-5H2,1-3H3. The predicted octanol–water partition coefficient (Wildman–Crippen LogP) is 4.32. The van der Waals surface area contributed by atoms with Crippen LogP contribution in [0.5, 0.6) is 0 Å². The van der Waals surface area contributed by atoms with E-state index in [4.69, 9.17) is 0 Å². The lowest BCUT2D eigenvalue weighted by molar-refractivity contribution is 0.603. The average Bonchev–Trinajstić information content (AvgIpc) is 2.99. The molecule has 0 saturated heterocycles. The first-order chi connectivity index (χ1) is 10.4. The van der Waals surface area contributed by atoms with Crippen molar-refractivity contribution in [3.8, 4) is 0 Å². The summed E-state index contributed by atoms with van der Waals surface area (Å²) in [5.74, 6) is 0. The number of hydrogen-bond donors (Lipinski definition) is 2. The van der Waals surface area contributed by atoms with Crippen LogP contribution in [-0.2, 0) is 16.4 Å². The molecule has 0 spiro atoms. The van der Waals surface area contributed by atoms with Crippen molar-refractivity contribution < 1.29 is 8.42 Å². The van der Waals surface area contributed by atoms with Gasteiger partial charge in [-0.3, -0.25) is 4.72 Å². The molecule has 1 aromatic heterocycles. The SMILES string of the molecule is CCc1ccc(S(=O)(=O)Nc2ccc(NC(C)CC)cc2)s1. The number of anilines is 2. The number of nitrogens with one attached hydrogen (secondary N) is 2. The molecule has 0 amide bonds. The molecule has 0 aliphatic rings. The lowest BCUT2D eigenvalue weighted by Gasteiger charge is -2.13. The summed E-state index contributed by atoms with van der Waals surface area (Å²) in [5, 5.41) is 3.35. The maximum Gasteiger partial charge on any atom is 0.271 e. The Morgan fingerprint density at radius 1 is 1.05 bits per heavy atom. The zero-order chi connectivity index (χ0) is 16.2. The van der Waals surface area contributed by atoms with E-state index in [0.717, 1.165) is 23.4 Å². The van der Waals surface area contributed by atoms with Crippen molar-refractivity contribution >= 4 is 32.7 Å². The maximum atomic E-state index is 12.3. The zero-order valence-corrected chi connectivity index (χ0v) is 14.7. The molecule has 0 aliphatic carbocycles. The van der Waals surface area contributed by atoms with E-state index in [1.807, 2.05) is 25.1 Å². The molecule has 0 radical (unpaired) electrons. The van der Waals surface area contributed by atoms with Crippen LogP contribution in [-0.4, -0.2) is 14.5 Å². The van der Waals surface area contributed by atoms with E-state index >= 15 is 0 Å². The van der Waals surface area contributed by atoms with E-state index in [1.165, 1.54) is 11.3 Å². The third-order valence-corrected chi connectivity index (χ3v) is 6.52. The van der Waals surface area contributed by atoms with Crippen molar-refractivity contribution in [1.29, 1.82) is 0 Å². The Labute approximate surface area is 136 Å². The first kappa shape index (κ1) is 16.8. The van der Waals surface area contributed by atoms with Crippen molar-refractivity contribution in [3.63, 3.8) is 0 Å². The monoisotopic (exact) mass is 338 g/mol. The molecule has 2 rings (SSSR count). The third kappa shape index (κ3) is 4.24. The quantitative estimate of drug-likeness (QED) is 0.790. The van der Waals surface area contributed by atoms with Crippen LogP contribution in [0.1, 0.15) is 32.1 Å². The van der Waals surface area contributed by atoms with Crippen molar-refractivity contribution in [1.82, 2.24) is 0 Å². The highest BCUT2D eigenvalue weighted by molar-refractivity contribution is 7.94. The fraction of sp³-hybridized carbons (Fsp3) is 0.375. The third-order valence-electron chi connectivity index (χ3n) is 3.41. The predicted molar refractivity (Wildman–Crippen MR) is 94.3 cm³/mol. The van der Waals surface area contributed by atoms with Gasteiger partial charge in [0.15, 0.2) is 0 Å². The van der Waals surface area contributed by atoms with Gasteiger partial charge >= 0.3 is 0 Å². The molecule has 120 valence electrons. The second kappa shape index (κ2) is 7.15. The van der Waals surface area contributed by atoms with Crippen LogP contribution < -0.4 is 10.0 Å². The molecule has 22 heavy (non-hydrogen) atoms. The normalized spacial score (nSPS) is 12.9. The summed E-state index contributed by atoms with van der Waals surface area (Å²) in [6, 6.07) is 11.2. The van der Waals surface area contributed by atoms with Crippen molar-refractivity contribution in [3.05, 3.63) is 41.3 Å². The van der Waals surface area contributed by atoms with Crippen LogP contribution in [0.25, 0.3) is 0 Å². The fourth-order valence-corrected chi connectivity index (χ4v) is 4.27. The largest absolute Gasteiger partial charge is 0.383 e. The second-order valence-electron chi connectivity index (χ2n) is 5.21. The van der Waals surface area contributed by atoms with Crippen LogP contribution in [0.4, 0.5) is 11.4 Å². The summed E-state index contributed by atoms with van der Waals surface area (Å²) in [6.45, 7) is 6.24. The lowest BCUT2D eigenvalue weighted by Crippen LogP contribution is -2.14. The van der Waals surface area contributed by atoms with Gasteiger partial charge < -0.3 is 5.32 Å². The molecular formula is C16H22N2O2S2. The van der Waals surface area contributed by atoms with E-state index in [0.29, 0.717) is 15.9 Å². The minimum atomic E-state index is -3.50.